The fourth-order valence-electron chi connectivity index (χ4n) is 1.29. The lowest BCUT2D eigenvalue weighted by Gasteiger charge is -2.16. The molecule has 1 aromatic rings. The molecule has 0 aliphatic carbocycles. The van der Waals surface area contributed by atoms with Crippen LogP contribution < -0.4 is 5.73 Å². The first-order chi connectivity index (χ1) is 6.65. The van der Waals surface area contributed by atoms with E-state index in [1.807, 2.05) is 31.2 Å². The molecule has 14 heavy (non-hydrogen) atoms. The van der Waals surface area contributed by atoms with Crippen LogP contribution >= 0.6 is 0 Å². The summed E-state index contributed by atoms with van der Waals surface area (Å²) in [6.07, 6.45) is 1.93. The summed E-state index contributed by atoms with van der Waals surface area (Å²) in [4.78, 5) is 0. The molecule has 0 amide bonds. The molecule has 0 bridgehead atoms. The molecule has 2 atom stereocenters. The highest BCUT2D eigenvalue weighted by Gasteiger charge is 2.12. The molecule has 0 aromatic heterocycles. The summed E-state index contributed by atoms with van der Waals surface area (Å²) < 4.78 is 0. The Balaban J connectivity index is 2.69. The Kier molecular flexibility index (Phi) is 3.72. The molecule has 76 valence electrons. The fourth-order valence-corrected chi connectivity index (χ4v) is 1.29. The number of para-hydroxylation sites is 1. The van der Waals surface area contributed by atoms with E-state index in [9.17, 15) is 5.11 Å². The predicted molar refractivity (Wildman–Crippen MR) is 59.9 cm³/mol. The third kappa shape index (κ3) is 2.60. The molecule has 2 unspecified atom stereocenters. The highest BCUT2D eigenvalue weighted by atomic mass is 16.3. The van der Waals surface area contributed by atoms with Crippen LogP contribution in [-0.2, 0) is 6.42 Å². The van der Waals surface area contributed by atoms with Crippen LogP contribution in [0.1, 0.15) is 12.5 Å². The molecule has 0 spiro atoms. The van der Waals surface area contributed by atoms with Gasteiger partial charge < -0.3 is 10.8 Å². The van der Waals surface area contributed by atoms with Crippen molar-refractivity contribution >= 4 is 5.69 Å². The van der Waals surface area contributed by atoms with Crippen LogP contribution in [0.5, 0.6) is 0 Å². The van der Waals surface area contributed by atoms with Gasteiger partial charge in [-0.25, -0.2) is 0 Å². The van der Waals surface area contributed by atoms with Gasteiger partial charge >= 0.3 is 0 Å². The number of aliphatic hydroxyl groups is 1. The average molecular weight is 191 g/mol. The summed E-state index contributed by atoms with van der Waals surface area (Å²) in [6, 6.07) is 7.61. The number of rotatable bonds is 4. The number of benzene rings is 1. The van der Waals surface area contributed by atoms with E-state index in [0.29, 0.717) is 6.42 Å². The van der Waals surface area contributed by atoms with E-state index in [0.717, 1.165) is 11.3 Å². The van der Waals surface area contributed by atoms with Crippen LogP contribution in [0.25, 0.3) is 0 Å². The normalized spacial score (nSPS) is 14.7. The van der Waals surface area contributed by atoms with Gasteiger partial charge in [0.25, 0.3) is 0 Å². The highest BCUT2D eigenvalue weighted by Crippen LogP contribution is 2.16. The SMILES string of the molecule is C=CC(C)C(O)Cc1ccccc1N. The maximum absolute atomic E-state index is 9.77. The third-order valence-electron chi connectivity index (χ3n) is 2.46. The van der Waals surface area contributed by atoms with Crippen molar-refractivity contribution in [1.29, 1.82) is 0 Å². The number of aliphatic hydroxyl groups excluding tert-OH is 1. The largest absolute Gasteiger partial charge is 0.399 e. The van der Waals surface area contributed by atoms with Crippen LogP contribution in [0.15, 0.2) is 36.9 Å². The van der Waals surface area contributed by atoms with Crippen molar-refractivity contribution in [2.24, 2.45) is 5.92 Å². The van der Waals surface area contributed by atoms with Gasteiger partial charge in [-0.2, -0.15) is 0 Å². The number of nitrogens with two attached hydrogens (primary N) is 1. The van der Waals surface area contributed by atoms with Gasteiger partial charge in [-0.3, -0.25) is 0 Å². The summed E-state index contributed by atoms with van der Waals surface area (Å²) in [7, 11) is 0. The van der Waals surface area contributed by atoms with Crippen molar-refractivity contribution in [2.45, 2.75) is 19.4 Å². The molecule has 0 aliphatic rings. The zero-order valence-electron chi connectivity index (χ0n) is 8.48. The van der Waals surface area contributed by atoms with Crippen LogP contribution in [0.3, 0.4) is 0 Å². The Morgan fingerprint density at radius 2 is 2.14 bits per heavy atom. The Bertz CT molecular complexity index is 309. The van der Waals surface area contributed by atoms with Gasteiger partial charge in [0.15, 0.2) is 0 Å². The lowest BCUT2D eigenvalue weighted by Crippen LogP contribution is -2.19. The van der Waals surface area contributed by atoms with Crippen molar-refractivity contribution in [1.82, 2.24) is 0 Å². The van der Waals surface area contributed by atoms with Crippen molar-refractivity contribution in [3.63, 3.8) is 0 Å². The van der Waals surface area contributed by atoms with Gasteiger partial charge in [-0.05, 0) is 17.5 Å². The van der Waals surface area contributed by atoms with E-state index >= 15 is 0 Å². The maximum Gasteiger partial charge on any atom is 0.0641 e. The lowest BCUT2D eigenvalue weighted by molar-refractivity contribution is 0.138. The standard InChI is InChI=1S/C12H17NO/c1-3-9(2)12(14)8-10-6-4-5-7-11(10)13/h3-7,9,12,14H,1,8,13H2,2H3. The first-order valence-corrected chi connectivity index (χ1v) is 4.79. The van der Waals surface area contributed by atoms with E-state index in [4.69, 9.17) is 5.73 Å². The summed E-state index contributed by atoms with van der Waals surface area (Å²) in [6.45, 7) is 5.60. The molecule has 0 saturated carbocycles. The zero-order chi connectivity index (χ0) is 10.6. The number of nitrogen functional groups attached to an aromatic ring is 1. The first-order valence-electron chi connectivity index (χ1n) is 4.79. The molecule has 3 N–H and O–H groups in total. The quantitative estimate of drug-likeness (QED) is 0.564. The van der Waals surface area contributed by atoms with E-state index < -0.39 is 6.10 Å². The topological polar surface area (TPSA) is 46.2 Å². The molecule has 0 heterocycles. The van der Waals surface area contributed by atoms with E-state index in [1.54, 1.807) is 6.08 Å². The molecular formula is C12H17NO. The zero-order valence-corrected chi connectivity index (χ0v) is 8.48. The number of anilines is 1. The van der Waals surface area contributed by atoms with Crippen molar-refractivity contribution in [3.05, 3.63) is 42.5 Å². The van der Waals surface area contributed by atoms with Gasteiger partial charge in [0.05, 0.1) is 6.10 Å². The second-order valence-electron chi connectivity index (χ2n) is 3.57. The molecule has 0 fully saturated rings. The minimum absolute atomic E-state index is 0.0922. The van der Waals surface area contributed by atoms with Crippen molar-refractivity contribution in [3.8, 4) is 0 Å². The monoisotopic (exact) mass is 191 g/mol. The summed E-state index contributed by atoms with van der Waals surface area (Å²) >= 11 is 0. The lowest BCUT2D eigenvalue weighted by atomic mass is 9.97. The molecular weight excluding hydrogens is 174 g/mol. The van der Waals surface area contributed by atoms with Gasteiger partial charge in [0.1, 0.15) is 0 Å². The van der Waals surface area contributed by atoms with Gasteiger partial charge in [0.2, 0.25) is 0 Å². The summed E-state index contributed by atoms with van der Waals surface area (Å²) in [5, 5.41) is 9.77. The van der Waals surface area contributed by atoms with E-state index in [1.165, 1.54) is 0 Å². The molecule has 0 aliphatic heterocycles. The molecule has 2 nitrogen and oxygen atoms in total. The van der Waals surface area contributed by atoms with Gasteiger partial charge in [-0.1, -0.05) is 31.2 Å². The van der Waals surface area contributed by atoms with E-state index in [2.05, 4.69) is 6.58 Å². The molecule has 1 aromatic carbocycles. The van der Waals surface area contributed by atoms with Crippen LogP contribution in [0.4, 0.5) is 5.69 Å². The minimum Gasteiger partial charge on any atom is -0.399 e. The highest BCUT2D eigenvalue weighted by molar-refractivity contribution is 5.46. The van der Waals surface area contributed by atoms with Crippen molar-refractivity contribution < 1.29 is 5.11 Å². The van der Waals surface area contributed by atoms with Crippen LogP contribution in [0, 0.1) is 5.92 Å². The number of hydrogen-bond acceptors (Lipinski definition) is 2. The second-order valence-corrected chi connectivity index (χ2v) is 3.57. The van der Waals surface area contributed by atoms with Crippen LogP contribution in [0.2, 0.25) is 0 Å². The number of hydrogen-bond donors (Lipinski definition) is 2. The van der Waals surface area contributed by atoms with Crippen molar-refractivity contribution in [2.75, 3.05) is 5.73 Å². The van der Waals surface area contributed by atoms with Gasteiger partial charge in [0, 0.05) is 12.1 Å². The first kappa shape index (κ1) is 10.8. The Morgan fingerprint density at radius 3 is 2.71 bits per heavy atom. The van der Waals surface area contributed by atoms with E-state index in [-0.39, 0.29) is 5.92 Å². The Morgan fingerprint density at radius 1 is 1.50 bits per heavy atom. The Labute approximate surface area is 85.1 Å². The molecule has 0 saturated heterocycles. The molecule has 2 heteroatoms. The van der Waals surface area contributed by atoms with Gasteiger partial charge in [-0.15, -0.1) is 6.58 Å². The maximum atomic E-state index is 9.77. The predicted octanol–water partition coefficient (Wildman–Crippen LogP) is 1.99. The van der Waals surface area contributed by atoms with Crippen LogP contribution in [-0.4, -0.2) is 11.2 Å². The minimum atomic E-state index is -0.405. The molecule has 1 rings (SSSR count). The second kappa shape index (κ2) is 4.82. The third-order valence-corrected chi connectivity index (χ3v) is 2.46. The Hall–Kier alpha value is -1.28. The average Bonchev–Trinajstić information content (AvgIpc) is 2.20. The fraction of sp³-hybridized carbons (Fsp3) is 0.333. The smallest absolute Gasteiger partial charge is 0.0641 e. The summed E-state index contributed by atoms with van der Waals surface area (Å²) in [5.74, 6) is 0.0922. The molecule has 0 radical (unpaired) electrons. The summed E-state index contributed by atoms with van der Waals surface area (Å²) in [5.41, 5.74) is 7.51.